The zero-order valence-corrected chi connectivity index (χ0v) is 18.3. The largest absolute Gasteiger partial charge is 0.376 e. The van der Waals surface area contributed by atoms with Crippen LogP contribution in [0.1, 0.15) is 26.6 Å². The summed E-state index contributed by atoms with van der Waals surface area (Å²) >= 11 is 1.41. The quantitative estimate of drug-likeness (QED) is 0.638. The number of carbonyl (C=O) groups is 1. The van der Waals surface area contributed by atoms with E-state index in [0.717, 1.165) is 20.3 Å². The summed E-state index contributed by atoms with van der Waals surface area (Å²) in [5.41, 5.74) is 2.10. The van der Waals surface area contributed by atoms with Gasteiger partial charge in [-0.2, -0.15) is 4.98 Å². The highest BCUT2D eigenvalue weighted by atomic mass is 32.2. The third kappa shape index (κ3) is 3.76. The van der Waals surface area contributed by atoms with E-state index in [0.29, 0.717) is 41.9 Å². The van der Waals surface area contributed by atoms with Crippen molar-refractivity contribution in [1.29, 1.82) is 0 Å². The number of aromatic nitrogens is 2. The second kappa shape index (κ2) is 7.91. The Bertz CT molecular complexity index is 1200. The molecule has 3 heterocycles. The molecule has 0 saturated heterocycles. The lowest BCUT2D eigenvalue weighted by Gasteiger charge is -2.12. The fraction of sp³-hybridized carbons (Fsp3) is 0.316. The first-order valence-electron chi connectivity index (χ1n) is 9.14. The van der Waals surface area contributed by atoms with Crippen LogP contribution in [0.4, 0.5) is 5.00 Å². The number of fused-ring (bicyclic) bond motifs is 1. The lowest BCUT2D eigenvalue weighted by atomic mass is 10.1. The van der Waals surface area contributed by atoms with Crippen LogP contribution in [0.25, 0.3) is 11.5 Å². The zero-order chi connectivity index (χ0) is 21.5. The monoisotopic (exact) mass is 448 g/mol. The van der Waals surface area contributed by atoms with E-state index in [1.165, 1.54) is 49.7 Å². The van der Waals surface area contributed by atoms with Crippen molar-refractivity contribution < 1.29 is 22.5 Å². The first-order chi connectivity index (χ1) is 14.3. The maximum Gasteiger partial charge on any atom is 0.261 e. The third-order valence-corrected chi connectivity index (χ3v) is 7.63. The van der Waals surface area contributed by atoms with Crippen molar-refractivity contribution in [2.24, 2.45) is 0 Å². The Labute approximate surface area is 177 Å². The van der Waals surface area contributed by atoms with Crippen LogP contribution in [0.5, 0.6) is 0 Å². The molecule has 0 saturated carbocycles. The zero-order valence-electron chi connectivity index (χ0n) is 16.6. The van der Waals surface area contributed by atoms with Gasteiger partial charge in [0, 0.05) is 24.5 Å². The molecule has 0 unspecified atom stereocenters. The number of sulfonamides is 1. The van der Waals surface area contributed by atoms with Gasteiger partial charge in [-0.1, -0.05) is 5.16 Å². The maximum absolute atomic E-state index is 12.8. The number of thiophene rings is 1. The third-order valence-electron chi connectivity index (χ3n) is 4.68. The molecule has 1 amide bonds. The molecule has 2 aromatic heterocycles. The Kier molecular flexibility index (Phi) is 5.45. The van der Waals surface area contributed by atoms with E-state index in [-0.39, 0.29) is 10.8 Å². The molecule has 9 nitrogen and oxygen atoms in total. The molecular formula is C19H20N4O5S2. The standard InChI is InChI=1S/C19H20N4O5S2/c1-11-20-18(28-22-11)16-14-8-9-27-10-15(14)29-19(16)21-17(24)12-4-6-13(7-5-12)30(25,26)23(2)3/h4-7H,8-10H2,1-3H3,(H,21,24). The van der Waals surface area contributed by atoms with E-state index in [2.05, 4.69) is 15.5 Å². The van der Waals surface area contributed by atoms with Gasteiger partial charge < -0.3 is 14.6 Å². The molecule has 0 atom stereocenters. The van der Waals surface area contributed by atoms with Gasteiger partial charge >= 0.3 is 0 Å². The predicted octanol–water partition coefficient (Wildman–Crippen LogP) is 2.68. The first-order valence-corrected chi connectivity index (χ1v) is 11.4. The molecule has 11 heteroatoms. The molecular weight excluding hydrogens is 428 g/mol. The second-order valence-electron chi connectivity index (χ2n) is 6.92. The van der Waals surface area contributed by atoms with E-state index in [9.17, 15) is 13.2 Å². The Hall–Kier alpha value is -2.60. The van der Waals surface area contributed by atoms with Crippen LogP contribution in [0.2, 0.25) is 0 Å². The van der Waals surface area contributed by atoms with Crippen LogP contribution >= 0.6 is 11.3 Å². The van der Waals surface area contributed by atoms with Crippen molar-refractivity contribution in [2.75, 3.05) is 26.0 Å². The SMILES string of the molecule is Cc1noc(-c2c(NC(=O)c3ccc(S(=O)(=O)N(C)C)cc3)sc3c2CCOC3)n1. The van der Waals surface area contributed by atoms with Crippen LogP contribution in [-0.4, -0.2) is 49.5 Å². The van der Waals surface area contributed by atoms with Crippen molar-refractivity contribution in [3.63, 3.8) is 0 Å². The Morgan fingerprint density at radius 2 is 1.97 bits per heavy atom. The summed E-state index contributed by atoms with van der Waals surface area (Å²) < 4.78 is 36.4. The number of hydrogen-bond acceptors (Lipinski definition) is 8. The van der Waals surface area contributed by atoms with Gasteiger partial charge in [0.1, 0.15) is 5.00 Å². The summed E-state index contributed by atoms with van der Waals surface area (Å²) in [5, 5.41) is 7.37. The summed E-state index contributed by atoms with van der Waals surface area (Å²) in [6, 6.07) is 5.80. The Balaban J connectivity index is 1.65. The molecule has 0 bridgehead atoms. The molecule has 158 valence electrons. The average molecular weight is 449 g/mol. The number of carbonyl (C=O) groups excluding carboxylic acids is 1. The molecule has 1 aromatic carbocycles. The number of hydrogen-bond donors (Lipinski definition) is 1. The minimum Gasteiger partial charge on any atom is -0.376 e. The molecule has 0 spiro atoms. The highest BCUT2D eigenvalue weighted by Gasteiger charge is 2.27. The number of anilines is 1. The predicted molar refractivity (Wildman–Crippen MR) is 111 cm³/mol. The number of ether oxygens (including phenoxy) is 1. The molecule has 30 heavy (non-hydrogen) atoms. The van der Waals surface area contributed by atoms with Crippen LogP contribution < -0.4 is 5.32 Å². The molecule has 0 fully saturated rings. The molecule has 1 aliphatic heterocycles. The minimum absolute atomic E-state index is 0.120. The van der Waals surface area contributed by atoms with E-state index in [1.54, 1.807) is 6.92 Å². The Morgan fingerprint density at radius 3 is 2.60 bits per heavy atom. The van der Waals surface area contributed by atoms with Gasteiger partial charge in [-0.25, -0.2) is 12.7 Å². The minimum atomic E-state index is -3.56. The summed E-state index contributed by atoms with van der Waals surface area (Å²) in [7, 11) is -0.644. The van der Waals surface area contributed by atoms with Crippen molar-refractivity contribution in [1.82, 2.24) is 14.4 Å². The molecule has 0 radical (unpaired) electrons. The Morgan fingerprint density at radius 1 is 1.23 bits per heavy atom. The van der Waals surface area contributed by atoms with Gasteiger partial charge in [0.15, 0.2) is 5.82 Å². The van der Waals surface area contributed by atoms with Crippen LogP contribution in [0.15, 0.2) is 33.7 Å². The number of benzene rings is 1. The van der Waals surface area contributed by atoms with Gasteiger partial charge in [-0.05, 0) is 43.2 Å². The van der Waals surface area contributed by atoms with Gasteiger partial charge in [0.25, 0.3) is 11.8 Å². The molecule has 4 rings (SSSR count). The van der Waals surface area contributed by atoms with Gasteiger partial charge in [-0.15, -0.1) is 11.3 Å². The number of nitrogens with zero attached hydrogens (tertiary/aromatic N) is 3. The van der Waals surface area contributed by atoms with Crippen LogP contribution in [0.3, 0.4) is 0 Å². The fourth-order valence-corrected chi connectivity index (χ4v) is 5.18. The molecule has 1 aliphatic rings. The number of aryl methyl sites for hydroxylation is 1. The van der Waals surface area contributed by atoms with Crippen molar-refractivity contribution in [3.8, 4) is 11.5 Å². The topological polar surface area (TPSA) is 115 Å². The number of amides is 1. The van der Waals surface area contributed by atoms with E-state index < -0.39 is 10.0 Å². The summed E-state index contributed by atoms with van der Waals surface area (Å²) in [6.07, 6.45) is 0.690. The summed E-state index contributed by atoms with van der Waals surface area (Å²) in [4.78, 5) is 18.3. The van der Waals surface area contributed by atoms with Gasteiger partial charge in [-0.3, -0.25) is 4.79 Å². The van der Waals surface area contributed by atoms with Gasteiger partial charge in [0.05, 0.1) is 23.7 Å². The van der Waals surface area contributed by atoms with Gasteiger partial charge in [0.2, 0.25) is 10.0 Å². The second-order valence-corrected chi connectivity index (χ2v) is 10.2. The first kappa shape index (κ1) is 20.7. The van der Waals surface area contributed by atoms with E-state index in [4.69, 9.17) is 9.26 Å². The number of rotatable bonds is 5. The summed E-state index contributed by atoms with van der Waals surface area (Å²) in [5.74, 6) is 0.502. The normalized spacial score (nSPS) is 14.0. The smallest absolute Gasteiger partial charge is 0.261 e. The van der Waals surface area contributed by atoms with E-state index in [1.807, 2.05) is 0 Å². The van der Waals surface area contributed by atoms with Crippen LogP contribution in [-0.2, 0) is 27.8 Å². The number of nitrogens with one attached hydrogen (secondary N) is 1. The summed E-state index contributed by atoms with van der Waals surface area (Å²) in [6.45, 7) is 2.78. The fourth-order valence-electron chi connectivity index (χ4n) is 3.11. The molecule has 0 aliphatic carbocycles. The molecule has 3 aromatic rings. The average Bonchev–Trinajstić information content (AvgIpc) is 3.30. The van der Waals surface area contributed by atoms with Crippen LogP contribution in [0, 0.1) is 6.92 Å². The van der Waals surface area contributed by atoms with Crippen molar-refractivity contribution in [3.05, 3.63) is 46.1 Å². The highest BCUT2D eigenvalue weighted by molar-refractivity contribution is 7.89. The highest BCUT2D eigenvalue weighted by Crippen LogP contribution is 2.42. The van der Waals surface area contributed by atoms with Crippen molar-refractivity contribution >= 4 is 32.3 Å². The lowest BCUT2D eigenvalue weighted by Crippen LogP contribution is -2.22. The van der Waals surface area contributed by atoms with Crippen molar-refractivity contribution in [2.45, 2.75) is 24.8 Å². The maximum atomic E-state index is 12.8. The lowest BCUT2D eigenvalue weighted by molar-refractivity contribution is 0.102. The van der Waals surface area contributed by atoms with E-state index >= 15 is 0 Å². The molecule has 1 N–H and O–H groups in total.